The first-order chi connectivity index (χ1) is 10.9. The van der Waals surface area contributed by atoms with Gasteiger partial charge in [-0.1, -0.05) is 29.3 Å². The van der Waals surface area contributed by atoms with Gasteiger partial charge in [0, 0.05) is 10.0 Å². The standard InChI is InChI=1S/C17H20Cl2N2OS/c1-11-6-7-23-16(11)9-21(3)10-17(22)20-12(2)14-5-4-13(18)8-15(14)19/h4-8,12H,9-10H2,1-3H3,(H,20,22)/p+1/t12-/m1/s1. The van der Waals surface area contributed by atoms with E-state index in [4.69, 9.17) is 23.2 Å². The molecule has 1 aromatic carbocycles. The van der Waals surface area contributed by atoms with E-state index < -0.39 is 0 Å². The fourth-order valence-corrected chi connectivity index (χ4v) is 4.01. The summed E-state index contributed by atoms with van der Waals surface area (Å²) in [5, 5.41) is 6.24. The van der Waals surface area contributed by atoms with Crippen LogP contribution >= 0.6 is 34.5 Å². The lowest BCUT2D eigenvalue weighted by atomic mass is 10.1. The first kappa shape index (κ1) is 18.3. The van der Waals surface area contributed by atoms with Crippen molar-refractivity contribution < 1.29 is 9.69 Å². The molecular formula is C17H21Cl2N2OS+. The Morgan fingerprint density at radius 2 is 2.09 bits per heavy atom. The Morgan fingerprint density at radius 3 is 2.70 bits per heavy atom. The molecule has 0 saturated heterocycles. The minimum absolute atomic E-state index is 0.00947. The molecule has 1 aromatic heterocycles. The van der Waals surface area contributed by atoms with Gasteiger partial charge >= 0.3 is 0 Å². The predicted molar refractivity (Wildman–Crippen MR) is 97.5 cm³/mol. The molecule has 23 heavy (non-hydrogen) atoms. The van der Waals surface area contributed by atoms with Crippen molar-refractivity contribution in [2.45, 2.75) is 26.4 Å². The van der Waals surface area contributed by atoms with E-state index in [2.05, 4.69) is 23.7 Å². The fraction of sp³-hybridized carbons (Fsp3) is 0.353. The van der Waals surface area contributed by atoms with Crippen LogP contribution in [0.4, 0.5) is 0 Å². The number of hydrogen-bond donors (Lipinski definition) is 2. The number of likely N-dealkylation sites (N-methyl/N-ethyl adjacent to an activating group) is 1. The van der Waals surface area contributed by atoms with Gasteiger partial charge in [0.1, 0.15) is 6.54 Å². The number of carbonyl (C=O) groups excluding carboxylic acids is 1. The number of nitrogens with one attached hydrogen (secondary N) is 2. The number of halogens is 2. The Hall–Kier alpha value is -1.07. The molecule has 0 aliphatic heterocycles. The van der Waals surface area contributed by atoms with Gasteiger partial charge in [-0.15, -0.1) is 11.3 Å². The topological polar surface area (TPSA) is 33.5 Å². The first-order valence-corrected chi connectivity index (χ1v) is 9.09. The van der Waals surface area contributed by atoms with E-state index in [1.54, 1.807) is 23.5 Å². The highest BCUT2D eigenvalue weighted by Gasteiger charge is 2.17. The van der Waals surface area contributed by atoms with Crippen LogP contribution in [0.5, 0.6) is 0 Å². The molecule has 6 heteroatoms. The number of quaternary nitrogens is 1. The van der Waals surface area contributed by atoms with Crippen molar-refractivity contribution in [3.05, 3.63) is 55.7 Å². The van der Waals surface area contributed by atoms with E-state index in [0.717, 1.165) is 17.0 Å². The smallest absolute Gasteiger partial charge is 0.275 e. The van der Waals surface area contributed by atoms with Crippen molar-refractivity contribution in [2.75, 3.05) is 13.6 Å². The lowest BCUT2D eigenvalue weighted by Gasteiger charge is -2.18. The maximum atomic E-state index is 12.2. The monoisotopic (exact) mass is 371 g/mol. The quantitative estimate of drug-likeness (QED) is 0.802. The van der Waals surface area contributed by atoms with Gasteiger partial charge in [0.15, 0.2) is 6.54 Å². The van der Waals surface area contributed by atoms with Crippen LogP contribution < -0.4 is 10.2 Å². The van der Waals surface area contributed by atoms with E-state index in [1.807, 2.05) is 20.0 Å². The molecule has 0 bridgehead atoms. The van der Waals surface area contributed by atoms with Crippen molar-refractivity contribution in [3.8, 4) is 0 Å². The third-order valence-electron chi connectivity index (χ3n) is 3.70. The molecule has 3 nitrogen and oxygen atoms in total. The van der Waals surface area contributed by atoms with Crippen LogP contribution in [-0.2, 0) is 11.3 Å². The maximum Gasteiger partial charge on any atom is 0.275 e. The van der Waals surface area contributed by atoms with Gasteiger partial charge < -0.3 is 10.2 Å². The molecule has 2 atom stereocenters. The van der Waals surface area contributed by atoms with Gasteiger partial charge in [0.2, 0.25) is 0 Å². The molecule has 1 amide bonds. The predicted octanol–water partition coefficient (Wildman–Crippen LogP) is 3.26. The van der Waals surface area contributed by atoms with Crippen LogP contribution in [0.25, 0.3) is 0 Å². The molecule has 124 valence electrons. The van der Waals surface area contributed by atoms with Crippen molar-refractivity contribution in [1.29, 1.82) is 0 Å². The lowest BCUT2D eigenvalue weighted by Crippen LogP contribution is -3.08. The fourth-order valence-electron chi connectivity index (χ4n) is 2.42. The summed E-state index contributed by atoms with van der Waals surface area (Å²) in [5.41, 5.74) is 2.16. The Morgan fingerprint density at radius 1 is 1.35 bits per heavy atom. The maximum absolute atomic E-state index is 12.2. The van der Waals surface area contributed by atoms with E-state index in [1.165, 1.54) is 10.4 Å². The number of benzene rings is 1. The van der Waals surface area contributed by atoms with E-state index >= 15 is 0 Å². The normalized spacial score (nSPS) is 13.6. The summed E-state index contributed by atoms with van der Waals surface area (Å²) in [4.78, 5) is 14.7. The van der Waals surface area contributed by atoms with Crippen LogP contribution in [0.3, 0.4) is 0 Å². The summed E-state index contributed by atoms with van der Waals surface area (Å²) >= 11 is 13.8. The second-order valence-corrected chi connectivity index (χ2v) is 7.64. The highest BCUT2D eigenvalue weighted by Crippen LogP contribution is 2.25. The summed E-state index contributed by atoms with van der Waals surface area (Å²) < 4.78 is 0. The minimum atomic E-state index is -0.149. The molecule has 1 heterocycles. The van der Waals surface area contributed by atoms with Crippen molar-refractivity contribution in [3.63, 3.8) is 0 Å². The Bertz CT molecular complexity index is 687. The molecule has 2 N–H and O–H groups in total. The molecule has 0 aliphatic carbocycles. The summed E-state index contributed by atoms with van der Waals surface area (Å²) in [6, 6.07) is 7.28. The van der Waals surface area contributed by atoms with Gasteiger partial charge in [-0.05, 0) is 48.6 Å². The van der Waals surface area contributed by atoms with Crippen LogP contribution in [0.15, 0.2) is 29.6 Å². The molecule has 0 spiro atoms. The number of amides is 1. The molecular weight excluding hydrogens is 351 g/mol. The number of thiophene rings is 1. The molecule has 0 radical (unpaired) electrons. The third kappa shape index (κ3) is 5.21. The third-order valence-corrected chi connectivity index (χ3v) is 5.28. The Labute approximate surface area is 151 Å². The first-order valence-electron chi connectivity index (χ1n) is 7.45. The largest absolute Gasteiger partial charge is 0.345 e. The summed E-state index contributed by atoms with van der Waals surface area (Å²) in [5.74, 6) is 0.00947. The molecule has 2 rings (SSSR count). The number of carbonyl (C=O) groups is 1. The lowest BCUT2D eigenvalue weighted by molar-refractivity contribution is -0.885. The summed E-state index contributed by atoms with van der Waals surface area (Å²) in [6.07, 6.45) is 0. The van der Waals surface area contributed by atoms with Gasteiger partial charge in [-0.3, -0.25) is 4.79 Å². The summed E-state index contributed by atoms with van der Waals surface area (Å²) in [7, 11) is 2.03. The Balaban J connectivity index is 1.89. The molecule has 0 saturated carbocycles. The second kappa shape index (κ2) is 8.15. The molecule has 0 aliphatic rings. The number of hydrogen-bond acceptors (Lipinski definition) is 2. The zero-order valence-corrected chi connectivity index (χ0v) is 15.8. The molecule has 2 aromatic rings. The van der Waals surface area contributed by atoms with Gasteiger partial charge in [-0.25, -0.2) is 0 Å². The van der Waals surface area contributed by atoms with E-state index in [0.29, 0.717) is 16.6 Å². The van der Waals surface area contributed by atoms with Crippen molar-refractivity contribution >= 4 is 40.4 Å². The zero-order valence-electron chi connectivity index (χ0n) is 13.5. The second-order valence-electron chi connectivity index (χ2n) is 5.79. The van der Waals surface area contributed by atoms with E-state index in [9.17, 15) is 4.79 Å². The van der Waals surface area contributed by atoms with Gasteiger partial charge in [0.25, 0.3) is 5.91 Å². The van der Waals surface area contributed by atoms with E-state index in [-0.39, 0.29) is 11.9 Å². The Kier molecular flexibility index (Phi) is 6.48. The number of rotatable bonds is 6. The SMILES string of the molecule is Cc1ccsc1C[NH+](C)CC(=O)N[C@H](C)c1ccc(Cl)cc1Cl. The van der Waals surface area contributed by atoms with Crippen LogP contribution in [0, 0.1) is 6.92 Å². The number of aryl methyl sites for hydroxylation is 1. The van der Waals surface area contributed by atoms with Crippen molar-refractivity contribution in [2.24, 2.45) is 0 Å². The zero-order chi connectivity index (χ0) is 17.0. The average Bonchev–Trinajstić information content (AvgIpc) is 2.83. The van der Waals surface area contributed by atoms with Crippen LogP contribution in [0.1, 0.15) is 29.0 Å². The van der Waals surface area contributed by atoms with Crippen LogP contribution in [-0.4, -0.2) is 19.5 Å². The highest BCUT2D eigenvalue weighted by molar-refractivity contribution is 7.10. The molecule has 1 unspecified atom stereocenters. The minimum Gasteiger partial charge on any atom is -0.345 e. The highest BCUT2D eigenvalue weighted by atomic mass is 35.5. The van der Waals surface area contributed by atoms with Gasteiger partial charge in [0.05, 0.1) is 18.0 Å². The van der Waals surface area contributed by atoms with Gasteiger partial charge in [-0.2, -0.15) is 0 Å². The van der Waals surface area contributed by atoms with Crippen LogP contribution in [0.2, 0.25) is 10.0 Å². The molecule has 0 fully saturated rings. The average molecular weight is 372 g/mol. The van der Waals surface area contributed by atoms with Crippen molar-refractivity contribution in [1.82, 2.24) is 5.32 Å². The summed E-state index contributed by atoms with van der Waals surface area (Å²) in [6.45, 7) is 5.30.